The summed E-state index contributed by atoms with van der Waals surface area (Å²) in [6.07, 6.45) is 3.28. The highest BCUT2D eigenvalue weighted by atomic mass is 35.5. The Morgan fingerprint density at radius 2 is 2.04 bits per heavy atom. The highest BCUT2D eigenvalue weighted by molar-refractivity contribution is 6.31. The van der Waals surface area contributed by atoms with Crippen LogP contribution in [0, 0.1) is 11.3 Å². The summed E-state index contributed by atoms with van der Waals surface area (Å²) in [7, 11) is 0. The third kappa shape index (κ3) is 2.99. The number of benzene rings is 1. The molecule has 2 heterocycles. The van der Waals surface area contributed by atoms with Gasteiger partial charge in [0.15, 0.2) is 0 Å². The van der Waals surface area contributed by atoms with Crippen LogP contribution < -0.4 is 5.32 Å². The summed E-state index contributed by atoms with van der Waals surface area (Å²) < 4.78 is 0. The molecular formula is C21H22Cl2N2O2. The van der Waals surface area contributed by atoms with Gasteiger partial charge >= 0.3 is 0 Å². The number of halogens is 2. The molecule has 1 aromatic heterocycles. The fourth-order valence-corrected chi connectivity index (χ4v) is 5.60. The van der Waals surface area contributed by atoms with E-state index in [2.05, 4.69) is 24.1 Å². The first-order valence-electron chi connectivity index (χ1n) is 9.22. The molecule has 2 aliphatic rings. The van der Waals surface area contributed by atoms with Gasteiger partial charge in [0.05, 0.1) is 10.4 Å². The van der Waals surface area contributed by atoms with E-state index in [1.165, 1.54) is 0 Å². The summed E-state index contributed by atoms with van der Waals surface area (Å²) in [6, 6.07) is 8.99. The minimum atomic E-state index is -0.425. The Hall–Kier alpha value is -1.78. The van der Waals surface area contributed by atoms with E-state index in [0.717, 1.165) is 24.1 Å². The topological polar surface area (TPSA) is 62.2 Å². The molecule has 1 saturated heterocycles. The molecule has 6 heteroatoms. The molecule has 1 saturated carbocycles. The van der Waals surface area contributed by atoms with Crippen LogP contribution in [0.4, 0.5) is 0 Å². The van der Waals surface area contributed by atoms with Crippen LogP contribution in [0.3, 0.4) is 0 Å². The third-order valence-electron chi connectivity index (χ3n) is 6.42. The number of pyridine rings is 1. The van der Waals surface area contributed by atoms with E-state index in [9.17, 15) is 9.90 Å². The molecule has 5 atom stereocenters. The number of hydrogen-bond acceptors (Lipinski definition) is 3. The Bertz CT molecular complexity index is 886. The van der Waals surface area contributed by atoms with Gasteiger partial charge in [0, 0.05) is 34.8 Å². The summed E-state index contributed by atoms with van der Waals surface area (Å²) in [5.41, 5.74) is 1.49. The number of rotatable bonds is 2. The van der Waals surface area contributed by atoms with Crippen LogP contribution in [-0.4, -0.2) is 22.0 Å². The number of phenols is 1. The Morgan fingerprint density at radius 3 is 2.70 bits per heavy atom. The number of amides is 1. The zero-order chi connectivity index (χ0) is 19.3. The average molecular weight is 405 g/mol. The van der Waals surface area contributed by atoms with E-state index in [1.54, 1.807) is 18.3 Å². The Kier molecular flexibility index (Phi) is 4.59. The number of fused-ring (bicyclic) bond motifs is 1. The Labute approximate surface area is 168 Å². The zero-order valence-corrected chi connectivity index (χ0v) is 16.8. The van der Waals surface area contributed by atoms with Crippen LogP contribution in [0.15, 0.2) is 36.5 Å². The molecule has 4 rings (SSSR count). The summed E-state index contributed by atoms with van der Waals surface area (Å²) in [5.74, 6) is 0.505. The highest BCUT2D eigenvalue weighted by Gasteiger charge is 2.58. The number of nitrogens with zero attached hydrogens (tertiary/aromatic N) is 1. The van der Waals surface area contributed by atoms with Gasteiger partial charge in [-0.2, -0.15) is 0 Å². The summed E-state index contributed by atoms with van der Waals surface area (Å²) >= 11 is 12.6. The maximum absolute atomic E-state index is 12.7. The van der Waals surface area contributed by atoms with Crippen molar-refractivity contribution < 1.29 is 9.90 Å². The van der Waals surface area contributed by atoms with Crippen LogP contribution in [0.2, 0.25) is 10.0 Å². The van der Waals surface area contributed by atoms with Crippen molar-refractivity contribution in [3.63, 3.8) is 0 Å². The van der Waals surface area contributed by atoms with Crippen molar-refractivity contribution in [1.82, 2.24) is 10.3 Å². The van der Waals surface area contributed by atoms with Crippen molar-refractivity contribution in [3.8, 4) is 5.75 Å². The molecule has 2 fully saturated rings. The van der Waals surface area contributed by atoms with Crippen molar-refractivity contribution in [3.05, 3.63) is 57.8 Å². The summed E-state index contributed by atoms with van der Waals surface area (Å²) in [4.78, 5) is 17.3. The number of phenolic OH excluding ortho intramolecular Hbond substituents is 1. The Balaban J connectivity index is 1.85. The Morgan fingerprint density at radius 1 is 1.26 bits per heavy atom. The lowest BCUT2D eigenvalue weighted by atomic mass is 9.56. The van der Waals surface area contributed by atoms with E-state index in [1.807, 2.05) is 18.2 Å². The van der Waals surface area contributed by atoms with Gasteiger partial charge in [0.2, 0.25) is 5.91 Å². The molecule has 1 aromatic carbocycles. The SMILES string of the molecule is C[C@H]1NC(=O)[C@]2(C)CC[C@@H](c3ccc(O)cc3Cl)[C@H](c3ccc(Cl)cn3)[C@H]12. The lowest BCUT2D eigenvalue weighted by Crippen LogP contribution is -2.42. The molecule has 0 unspecified atom stereocenters. The molecule has 1 amide bonds. The van der Waals surface area contributed by atoms with Crippen molar-refractivity contribution in [1.29, 1.82) is 0 Å². The molecular weight excluding hydrogens is 383 g/mol. The van der Waals surface area contributed by atoms with Crippen LogP contribution in [0.1, 0.15) is 49.8 Å². The van der Waals surface area contributed by atoms with Crippen molar-refractivity contribution in [2.45, 2.75) is 44.6 Å². The van der Waals surface area contributed by atoms with Gasteiger partial charge in [-0.05, 0) is 55.5 Å². The van der Waals surface area contributed by atoms with Crippen LogP contribution in [-0.2, 0) is 4.79 Å². The predicted octanol–water partition coefficient (Wildman–Crippen LogP) is 4.90. The van der Waals surface area contributed by atoms with Gasteiger partial charge in [-0.25, -0.2) is 0 Å². The highest BCUT2D eigenvalue weighted by Crippen LogP contribution is 2.58. The smallest absolute Gasteiger partial charge is 0.226 e. The largest absolute Gasteiger partial charge is 0.508 e. The molecule has 1 aliphatic carbocycles. The molecule has 1 aliphatic heterocycles. The second kappa shape index (κ2) is 6.68. The first-order valence-corrected chi connectivity index (χ1v) is 9.97. The molecule has 0 spiro atoms. The zero-order valence-electron chi connectivity index (χ0n) is 15.2. The quantitative estimate of drug-likeness (QED) is 0.748. The molecule has 4 nitrogen and oxygen atoms in total. The molecule has 2 aromatic rings. The van der Waals surface area contributed by atoms with E-state index < -0.39 is 5.41 Å². The number of carbonyl (C=O) groups excluding carboxylic acids is 1. The lowest BCUT2D eigenvalue weighted by Gasteiger charge is -2.45. The van der Waals surface area contributed by atoms with Gasteiger partial charge in [-0.3, -0.25) is 9.78 Å². The van der Waals surface area contributed by atoms with Gasteiger partial charge in [0.1, 0.15) is 5.75 Å². The first kappa shape index (κ1) is 18.6. The molecule has 27 heavy (non-hydrogen) atoms. The maximum Gasteiger partial charge on any atom is 0.226 e. The standard InChI is InChI=1S/C21H22Cl2N2O2/c1-11-19-18(17-6-3-12(22)10-24-17)15(7-8-21(19,2)20(27)25-11)14-5-4-13(26)9-16(14)23/h3-6,9-11,15,18-19,26H,7-8H2,1-2H3,(H,25,27)/t11-,15+,18-,19+,21-/m1/s1. The molecule has 0 bridgehead atoms. The second-order valence-electron chi connectivity index (χ2n) is 7.98. The maximum atomic E-state index is 12.7. The predicted molar refractivity (Wildman–Crippen MR) is 106 cm³/mol. The van der Waals surface area contributed by atoms with Crippen LogP contribution >= 0.6 is 23.2 Å². The molecule has 2 N–H and O–H groups in total. The van der Waals surface area contributed by atoms with Crippen molar-refractivity contribution in [2.24, 2.45) is 11.3 Å². The minimum absolute atomic E-state index is 0.0250. The van der Waals surface area contributed by atoms with Gasteiger partial charge in [-0.1, -0.05) is 36.2 Å². The van der Waals surface area contributed by atoms with E-state index >= 15 is 0 Å². The number of aromatic nitrogens is 1. The van der Waals surface area contributed by atoms with Gasteiger partial charge in [0.25, 0.3) is 0 Å². The third-order valence-corrected chi connectivity index (χ3v) is 6.97. The lowest BCUT2D eigenvalue weighted by molar-refractivity contribution is -0.129. The van der Waals surface area contributed by atoms with Crippen LogP contribution in [0.25, 0.3) is 0 Å². The fraction of sp³-hybridized carbons (Fsp3) is 0.429. The summed E-state index contributed by atoms with van der Waals surface area (Å²) in [5, 5.41) is 14.0. The minimum Gasteiger partial charge on any atom is -0.508 e. The number of hydrogen-bond donors (Lipinski definition) is 2. The second-order valence-corrected chi connectivity index (χ2v) is 8.83. The number of carbonyl (C=O) groups is 1. The number of nitrogens with one attached hydrogen (secondary N) is 1. The monoisotopic (exact) mass is 404 g/mol. The van der Waals surface area contributed by atoms with Gasteiger partial charge < -0.3 is 10.4 Å². The van der Waals surface area contributed by atoms with E-state index in [4.69, 9.17) is 23.2 Å². The van der Waals surface area contributed by atoms with Gasteiger partial charge in [-0.15, -0.1) is 0 Å². The fourth-order valence-electron chi connectivity index (χ4n) is 5.18. The summed E-state index contributed by atoms with van der Waals surface area (Å²) in [6.45, 7) is 4.13. The van der Waals surface area contributed by atoms with Crippen molar-refractivity contribution >= 4 is 29.1 Å². The first-order chi connectivity index (χ1) is 12.8. The molecule has 142 valence electrons. The normalized spacial score (nSPS) is 32.8. The van der Waals surface area contributed by atoms with Crippen LogP contribution in [0.5, 0.6) is 5.75 Å². The van der Waals surface area contributed by atoms with E-state index in [0.29, 0.717) is 10.0 Å². The number of aromatic hydroxyl groups is 1. The van der Waals surface area contributed by atoms with E-state index in [-0.39, 0.29) is 35.5 Å². The average Bonchev–Trinajstić information content (AvgIpc) is 2.85. The van der Waals surface area contributed by atoms with Crippen molar-refractivity contribution in [2.75, 3.05) is 0 Å². The molecule has 0 radical (unpaired) electrons.